The minimum absolute atomic E-state index is 0.0178. The maximum absolute atomic E-state index is 12.3. The Bertz CT molecular complexity index is 721. The second kappa shape index (κ2) is 10.3. The molecule has 29 heavy (non-hydrogen) atoms. The van der Waals surface area contributed by atoms with E-state index in [9.17, 15) is 4.79 Å². The summed E-state index contributed by atoms with van der Waals surface area (Å²) in [6.45, 7) is 11.9. The summed E-state index contributed by atoms with van der Waals surface area (Å²) in [7, 11) is 0. The van der Waals surface area contributed by atoms with Gasteiger partial charge < -0.3 is 0 Å². The van der Waals surface area contributed by atoms with Crippen molar-refractivity contribution in [3.05, 3.63) is 23.4 Å². The van der Waals surface area contributed by atoms with E-state index in [0.29, 0.717) is 24.2 Å². The summed E-state index contributed by atoms with van der Waals surface area (Å²) in [5.41, 5.74) is 2.37. The number of carbonyl (C=O) groups is 1. The number of aromatic nitrogens is 1. The number of amides is 1. The number of unbranched alkanes of at least 4 members (excludes halogenated alkanes) is 6. The average Bonchev–Trinajstić information content (AvgIpc) is 2.91. The second-order valence-corrected chi connectivity index (χ2v) is 10.7. The highest BCUT2D eigenvalue weighted by molar-refractivity contribution is 5.96. The average molecular weight is 397 g/mol. The summed E-state index contributed by atoms with van der Waals surface area (Å²) in [4.78, 5) is 18.7. The first-order valence-corrected chi connectivity index (χ1v) is 11.4. The van der Waals surface area contributed by atoms with E-state index in [2.05, 4.69) is 45.5 Å². The summed E-state index contributed by atoms with van der Waals surface area (Å²) in [5.74, 6) is 3.52. The lowest BCUT2D eigenvalue weighted by molar-refractivity contribution is -0.117. The van der Waals surface area contributed by atoms with Crippen LogP contribution in [0, 0.1) is 23.2 Å². The van der Waals surface area contributed by atoms with Crippen molar-refractivity contribution in [3.8, 4) is 12.3 Å². The maximum Gasteiger partial charge on any atom is 0.228 e. The topological polar surface area (TPSA) is 33.2 Å². The lowest BCUT2D eigenvalue weighted by Gasteiger charge is -2.20. The highest BCUT2D eigenvalue weighted by atomic mass is 16.2. The van der Waals surface area contributed by atoms with Crippen molar-refractivity contribution < 1.29 is 4.79 Å². The Balaban J connectivity index is 1.73. The van der Waals surface area contributed by atoms with Crippen molar-refractivity contribution in [2.24, 2.45) is 10.8 Å². The summed E-state index contributed by atoms with van der Waals surface area (Å²) in [6.07, 6.45) is 19.7. The number of hydrogen-bond acceptors (Lipinski definition) is 2. The van der Waals surface area contributed by atoms with Crippen LogP contribution in [-0.2, 0) is 11.2 Å². The molecule has 1 fully saturated rings. The zero-order valence-electron chi connectivity index (χ0n) is 19.3. The van der Waals surface area contributed by atoms with Gasteiger partial charge in [-0.15, -0.1) is 6.42 Å². The van der Waals surface area contributed by atoms with Crippen LogP contribution in [0.1, 0.15) is 104 Å². The molecule has 0 unspecified atom stereocenters. The van der Waals surface area contributed by atoms with Crippen LogP contribution >= 0.6 is 0 Å². The quantitative estimate of drug-likeness (QED) is 0.332. The number of nitrogens with zero attached hydrogens (tertiary/aromatic N) is 2. The van der Waals surface area contributed by atoms with Crippen LogP contribution in [0.2, 0.25) is 0 Å². The molecule has 1 aliphatic heterocycles. The van der Waals surface area contributed by atoms with Crippen LogP contribution in [0.3, 0.4) is 0 Å². The summed E-state index contributed by atoms with van der Waals surface area (Å²) in [5, 5.41) is 0. The van der Waals surface area contributed by atoms with Gasteiger partial charge in [0.1, 0.15) is 0 Å². The molecule has 1 aromatic heterocycles. The summed E-state index contributed by atoms with van der Waals surface area (Å²) >= 11 is 0. The highest BCUT2D eigenvalue weighted by Crippen LogP contribution is 2.34. The Kier molecular flexibility index (Phi) is 8.32. The third-order valence-corrected chi connectivity index (χ3v) is 5.74. The number of aryl methyl sites for hydroxylation is 1. The predicted octanol–water partition coefficient (Wildman–Crippen LogP) is 6.54. The van der Waals surface area contributed by atoms with E-state index in [1.165, 1.54) is 56.9 Å². The highest BCUT2D eigenvalue weighted by Gasteiger charge is 2.37. The van der Waals surface area contributed by atoms with Gasteiger partial charge in [0.2, 0.25) is 5.91 Å². The van der Waals surface area contributed by atoms with Gasteiger partial charge >= 0.3 is 0 Å². The van der Waals surface area contributed by atoms with Gasteiger partial charge in [-0.05, 0) is 41.7 Å². The van der Waals surface area contributed by atoms with Gasteiger partial charge in [0.25, 0.3) is 0 Å². The van der Waals surface area contributed by atoms with Crippen molar-refractivity contribution in [2.45, 2.75) is 98.8 Å². The van der Waals surface area contributed by atoms with Crippen LogP contribution < -0.4 is 4.90 Å². The molecular formula is C26H40N2O. The largest absolute Gasteiger partial charge is 0.295 e. The van der Waals surface area contributed by atoms with E-state index in [-0.39, 0.29) is 11.3 Å². The molecule has 3 heteroatoms. The van der Waals surface area contributed by atoms with E-state index >= 15 is 0 Å². The monoisotopic (exact) mass is 396 g/mol. The van der Waals surface area contributed by atoms with E-state index in [1.807, 2.05) is 12.3 Å². The Labute approximate surface area is 178 Å². The van der Waals surface area contributed by atoms with Crippen LogP contribution in [0.25, 0.3) is 0 Å². The molecule has 0 saturated carbocycles. The molecule has 2 rings (SSSR count). The molecule has 1 saturated heterocycles. The molecule has 1 aromatic rings. The Morgan fingerprint density at radius 2 is 1.72 bits per heavy atom. The fraction of sp³-hybridized carbons (Fsp3) is 0.692. The molecule has 0 atom stereocenters. The van der Waals surface area contributed by atoms with Gasteiger partial charge in [0, 0.05) is 19.2 Å². The normalized spacial score (nSPS) is 16.3. The Morgan fingerprint density at radius 1 is 1.10 bits per heavy atom. The molecule has 3 nitrogen and oxygen atoms in total. The number of anilines is 1. The lowest BCUT2D eigenvalue weighted by Crippen LogP contribution is -2.27. The third-order valence-electron chi connectivity index (χ3n) is 5.74. The third kappa shape index (κ3) is 7.84. The number of hydrogen-bond donors (Lipinski definition) is 0. The van der Waals surface area contributed by atoms with Crippen molar-refractivity contribution in [3.63, 3.8) is 0 Å². The first-order chi connectivity index (χ1) is 13.6. The van der Waals surface area contributed by atoms with Gasteiger partial charge in [-0.1, -0.05) is 79.1 Å². The molecule has 0 radical (unpaired) electrons. The molecule has 0 spiro atoms. The molecular weight excluding hydrogens is 356 g/mol. The molecule has 0 aromatic carbocycles. The van der Waals surface area contributed by atoms with Crippen LogP contribution in [-0.4, -0.2) is 17.4 Å². The van der Waals surface area contributed by atoms with Crippen molar-refractivity contribution >= 4 is 11.7 Å². The molecule has 160 valence electrons. The van der Waals surface area contributed by atoms with E-state index < -0.39 is 0 Å². The zero-order chi connectivity index (χ0) is 21.5. The Morgan fingerprint density at radius 3 is 2.28 bits per heavy atom. The second-order valence-electron chi connectivity index (χ2n) is 10.7. The number of rotatable bonds is 10. The van der Waals surface area contributed by atoms with E-state index in [1.54, 1.807) is 4.90 Å². The smallest absolute Gasteiger partial charge is 0.228 e. The fourth-order valence-electron chi connectivity index (χ4n) is 4.10. The fourth-order valence-corrected chi connectivity index (χ4v) is 4.10. The first kappa shape index (κ1) is 23.5. The predicted molar refractivity (Wildman–Crippen MR) is 123 cm³/mol. The van der Waals surface area contributed by atoms with Crippen molar-refractivity contribution in [1.82, 2.24) is 4.98 Å². The summed E-state index contributed by atoms with van der Waals surface area (Å²) in [6, 6.07) is 2.05. The number of carbonyl (C=O) groups excluding carboxylic acids is 1. The standard InChI is InChI=1S/C26H40N2O/c1-7-22-17-21(15-13-11-9-8-10-12-14-16-25(2,3)4)19-27-24(22)28-20-26(5,6)18-23(28)29/h1,17,19H,8-16,18,20H2,2-6H3. The molecule has 0 aliphatic carbocycles. The lowest BCUT2D eigenvalue weighted by atomic mass is 9.89. The van der Waals surface area contributed by atoms with Crippen LogP contribution in [0.15, 0.2) is 12.3 Å². The van der Waals surface area contributed by atoms with Gasteiger partial charge in [-0.2, -0.15) is 0 Å². The van der Waals surface area contributed by atoms with Crippen molar-refractivity contribution in [1.29, 1.82) is 0 Å². The van der Waals surface area contributed by atoms with E-state index in [4.69, 9.17) is 6.42 Å². The number of pyridine rings is 1. The Hall–Kier alpha value is -1.82. The molecule has 2 heterocycles. The first-order valence-electron chi connectivity index (χ1n) is 11.4. The minimum Gasteiger partial charge on any atom is -0.295 e. The number of terminal acetylenes is 1. The summed E-state index contributed by atoms with van der Waals surface area (Å²) < 4.78 is 0. The molecule has 0 N–H and O–H groups in total. The van der Waals surface area contributed by atoms with Gasteiger partial charge in [-0.25, -0.2) is 4.98 Å². The zero-order valence-corrected chi connectivity index (χ0v) is 19.3. The maximum atomic E-state index is 12.3. The SMILES string of the molecule is C#Cc1cc(CCCCCCCCCC(C)(C)C)cnc1N1CC(C)(C)CC1=O. The van der Waals surface area contributed by atoms with E-state index in [0.717, 1.165) is 12.0 Å². The minimum atomic E-state index is -0.0178. The molecule has 1 aliphatic rings. The molecule has 1 amide bonds. The van der Waals surface area contributed by atoms with Gasteiger partial charge in [0.15, 0.2) is 5.82 Å². The van der Waals surface area contributed by atoms with Crippen LogP contribution in [0.4, 0.5) is 5.82 Å². The van der Waals surface area contributed by atoms with Crippen LogP contribution in [0.5, 0.6) is 0 Å². The van der Waals surface area contributed by atoms with Gasteiger partial charge in [0.05, 0.1) is 5.56 Å². The van der Waals surface area contributed by atoms with Gasteiger partial charge in [-0.3, -0.25) is 9.69 Å². The molecule has 0 bridgehead atoms. The van der Waals surface area contributed by atoms with Crippen molar-refractivity contribution in [2.75, 3.05) is 11.4 Å².